The molecule has 2 rings (SSSR count). The molecule has 1 amide bonds. The highest BCUT2D eigenvalue weighted by molar-refractivity contribution is 5.50. The quantitative estimate of drug-likeness (QED) is 0.746. The molecule has 0 aromatic carbocycles. The fraction of sp³-hybridized carbons (Fsp3) is 0.538. The van der Waals surface area contributed by atoms with E-state index in [1.807, 2.05) is 36.9 Å². The molecule has 0 aliphatic carbocycles. The van der Waals surface area contributed by atoms with E-state index >= 15 is 0 Å². The van der Waals surface area contributed by atoms with Gasteiger partial charge in [-0.25, -0.2) is 4.98 Å². The van der Waals surface area contributed by atoms with Gasteiger partial charge in [0.25, 0.3) is 0 Å². The van der Waals surface area contributed by atoms with Gasteiger partial charge >= 0.3 is 0 Å². The molecule has 17 heavy (non-hydrogen) atoms. The van der Waals surface area contributed by atoms with E-state index in [1.54, 1.807) is 0 Å². The van der Waals surface area contributed by atoms with Crippen molar-refractivity contribution in [2.75, 3.05) is 25.5 Å². The van der Waals surface area contributed by atoms with Gasteiger partial charge in [-0.15, -0.1) is 0 Å². The molecule has 0 radical (unpaired) electrons. The number of anilines is 1. The van der Waals surface area contributed by atoms with E-state index in [9.17, 15) is 4.79 Å². The Labute approximate surface area is 102 Å². The number of hydrogen-bond acceptors (Lipinski definition) is 3. The van der Waals surface area contributed by atoms with Crippen molar-refractivity contribution in [3.05, 3.63) is 23.4 Å². The summed E-state index contributed by atoms with van der Waals surface area (Å²) in [5.74, 6) is 0.960. The molecule has 1 aliphatic heterocycles. The highest BCUT2D eigenvalue weighted by Gasteiger charge is 2.26. The number of likely N-dealkylation sites (tertiary alicyclic amines) is 1. The predicted molar refractivity (Wildman–Crippen MR) is 68.0 cm³/mol. The van der Waals surface area contributed by atoms with Crippen LogP contribution in [0.25, 0.3) is 0 Å². The van der Waals surface area contributed by atoms with Crippen LogP contribution in [0.1, 0.15) is 30.1 Å². The zero-order valence-corrected chi connectivity index (χ0v) is 10.7. The van der Waals surface area contributed by atoms with Crippen LogP contribution in [0.5, 0.6) is 0 Å². The van der Waals surface area contributed by atoms with Crippen molar-refractivity contribution in [1.29, 1.82) is 0 Å². The van der Waals surface area contributed by atoms with Crippen LogP contribution in [-0.4, -0.2) is 36.9 Å². The van der Waals surface area contributed by atoms with Crippen LogP contribution in [-0.2, 0) is 4.79 Å². The lowest BCUT2D eigenvalue weighted by atomic mass is 10.0. The maximum Gasteiger partial charge on any atom is 0.210 e. The summed E-state index contributed by atoms with van der Waals surface area (Å²) in [6.07, 6.45) is 3.08. The van der Waals surface area contributed by atoms with Crippen LogP contribution in [0.3, 0.4) is 0 Å². The van der Waals surface area contributed by atoms with E-state index < -0.39 is 0 Å². The van der Waals surface area contributed by atoms with E-state index in [4.69, 9.17) is 0 Å². The SMILES string of the molecule is Cc1nc(N(C)C)ccc1[C@@H]1CCCN1C=O. The highest BCUT2D eigenvalue weighted by Crippen LogP contribution is 2.32. The third kappa shape index (κ3) is 2.25. The zero-order valence-electron chi connectivity index (χ0n) is 10.7. The molecule has 4 nitrogen and oxygen atoms in total. The maximum atomic E-state index is 11.0. The molecule has 0 saturated carbocycles. The minimum Gasteiger partial charge on any atom is -0.363 e. The predicted octanol–water partition coefficient (Wildman–Crippen LogP) is 1.75. The molecule has 2 heterocycles. The topological polar surface area (TPSA) is 36.4 Å². The Kier molecular flexibility index (Phi) is 3.31. The fourth-order valence-corrected chi connectivity index (χ4v) is 2.41. The average molecular weight is 233 g/mol. The summed E-state index contributed by atoms with van der Waals surface area (Å²) in [4.78, 5) is 19.4. The second-order valence-corrected chi connectivity index (χ2v) is 4.74. The summed E-state index contributed by atoms with van der Waals surface area (Å²) in [7, 11) is 3.96. The number of aromatic nitrogens is 1. The van der Waals surface area contributed by atoms with Crippen LogP contribution in [0.2, 0.25) is 0 Å². The van der Waals surface area contributed by atoms with E-state index in [0.717, 1.165) is 37.3 Å². The van der Waals surface area contributed by atoms with Crippen LogP contribution >= 0.6 is 0 Å². The Balaban J connectivity index is 2.30. The summed E-state index contributed by atoms with van der Waals surface area (Å²) in [6, 6.07) is 4.34. The number of amides is 1. The molecule has 1 atom stereocenters. The van der Waals surface area contributed by atoms with Gasteiger partial charge in [0.05, 0.1) is 6.04 Å². The standard InChI is InChI=1S/C13H19N3O/c1-10-11(6-7-13(14-10)15(2)3)12-5-4-8-16(12)9-17/h6-7,9,12H,4-5,8H2,1-3H3/t12-/m0/s1. The maximum absolute atomic E-state index is 11.0. The summed E-state index contributed by atoms with van der Waals surface area (Å²) in [5.41, 5.74) is 2.20. The van der Waals surface area contributed by atoms with E-state index in [0.29, 0.717) is 0 Å². The molecule has 1 saturated heterocycles. The van der Waals surface area contributed by atoms with Gasteiger partial charge in [0.1, 0.15) is 5.82 Å². The molecule has 1 aromatic heterocycles. The van der Waals surface area contributed by atoms with Gasteiger partial charge in [-0.1, -0.05) is 6.07 Å². The van der Waals surface area contributed by atoms with Crippen LogP contribution in [0.15, 0.2) is 12.1 Å². The number of carbonyl (C=O) groups excluding carboxylic acids is 1. The number of pyridine rings is 1. The molecule has 0 unspecified atom stereocenters. The monoisotopic (exact) mass is 233 g/mol. The van der Waals surface area contributed by atoms with Gasteiger partial charge in [-0.2, -0.15) is 0 Å². The summed E-state index contributed by atoms with van der Waals surface area (Å²) >= 11 is 0. The first-order valence-corrected chi connectivity index (χ1v) is 5.99. The third-order valence-corrected chi connectivity index (χ3v) is 3.36. The first-order valence-electron chi connectivity index (χ1n) is 5.99. The second kappa shape index (κ2) is 4.73. The number of carbonyl (C=O) groups is 1. The molecule has 4 heteroatoms. The lowest BCUT2D eigenvalue weighted by Gasteiger charge is -2.22. The van der Waals surface area contributed by atoms with Gasteiger partial charge in [0, 0.05) is 26.3 Å². The van der Waals surface area contributed by atoms with Crippen molar-refractivity contribution in [3.63, 3.8) is 0 Å². The summed E-state index contributed by atoms with van der Waals surface area (Å²) < 4.78 is 0. The molecule has 0 N–H and O–H groups in total. The molecule has 1 aromatic rings. The first kappa shape index (κ1) is 11.9. The molecule has 1 fully saturated rings. The molecule has 92 valence electrons. The Morgan fingerprint density at radius 3 is 2.82 bits per heavy atom. The largest absolute Gasteiger partial charge is 0.363 e. The lowest BCUT2D eigenvalue weighted by Crippen LogP contribution is -2.22. The van der Waals surface area contributed by atoms with E-state index in [-0.39, 0.29) is 6.04 Å². The Hall–Kier alpha value is -1.58. The van der Waals surface area contributed by atoms with Crippen molar-refractivity contribution in [1.82, 2.24) is 9.88 Å². The number of hydrogen-bond donors (Lipinski definition) is 0. The Bertz CT molecular complexity index is 417. The van der Waals surface area contributed by atoms with Crippen molar-refractivity contribution in [2.45, 2.75) is 25.8 Å². The fourth-order valence-electron chi connectivity index (χ4n) is 2.41. The van der Waals surface area contributed by atoms with Gasteiger partial charge < -0.3 is 9.80 Å². The van der Waals surface area contributed by atoms with Crippen LogP contribution in [0.4, 0.5) is 5.82 Å². The van der Waals surface area contributed by atoms with Crippen molar-refractivity contribution in [3.8, 4) is 0 Å². The first-order chi connectivity index (χ1) is 8.13. The van der Waals surface area contributed by atoms with E-state index in [2.05, 4.69) is 11.1 Å². The molecule has 1 aliphatic rings. The second-order valence-electron chi connectivity index (χ2n) is 4.74. The van der Waals surface area contributed by atoms with Gasteiger partial charge in [0.15, 0.2) is 0 Å². The number of rotatable bonds is 3. The minimum atomic E-state index is 0.219. The summed E-state index contributed by atoms with van der Waals surface area (Å²) in [5, 5.41) is 0. The van der Waals surface area contributed by atoms with Crippen molar-refractivity contribution in [2.24, 2.45) is 0 Å². The summed E-state index contributed by atoms with van der Waals surface area (Å²) in [6.45, 7) is 2.88. The van der Waals surface area contributed by atoms with Crippen molar-refractivity contribution >= 4 is 12.2 Å². The van der Waals surface area contributed by atoms with Crippen LogP contribution in [0, 0.1) is 6.92 Å². The Morgan fingerprint density at radius 1 is 1.47 bits per heavy atom. The van der Waals surface area contributed by atoms with E-state index in [1.165, 1.54) is 5.56 Å². The van der Waals surface area contributed by atoms with Gasteiger partial charge in [-0.05, 0) is 31.4 Å². The smallest absolute Gasteiger partial charge is 0.210 e. The lowest BCUT2D eigenvalue weighted by molar-refractivity contribution is -0.118. The molecular weight excluding hydrogens is 214 g/mol. The molecule has 0 bridgehead atoms. The highest BCUT2D eigenvalue weighted by atomic mass is 16.1. The molecular formula is C13H19N3O. The van der Waals surface area contributed by atoms with Crippen molar-refractivity contribution < 1.29 is 4.79 Å². The third-order valence-electron chi connectivity index (χ3n) is 3.36. The number of aryl methyl sites for hydroxylation is 1. The zero-order chi connectivity index (χ0) is 12.4. The van der Waals surface area contributed by atoms with Gasteiger partial charge in [0.2, 0.25) is 6.41 Å². The number of nitrogens with zero attached hydrogens (tertiary/aromatic N) is 3. The average Bonchev–Trinajstić information content (AvgIpc) is 2.76. The minimum absolute atomic E-state index is 0.219. The van der Waals surface area contributed by atoms with Gasteiger partial charge in [-0.3, -0.25) is 4.79 Å². The Morgan fingerprint density at radius 2 is 2.24 bits per heavy atom. The van der Waals surface area contributed by atoms with Crippen LogP contribution < -0.4 is 4.90 Å². The molecule has 0 spiro atoms. The normalized spacial score (nSPS) is 19.5.